The molecule has 0 amide bonds. The number of hydrogen-bond acceptors (Lipinski definition) is 4. The number of rotatable bonds is 7. The lowest BCUT2D eigenvalue weighted by Gasteiger charge is -2.23. The fraction of sp³-hybridized carbons (Fsp3) is 0.692. The molecule has 0 atom stereocenters. The normalized spacial score (nSPS) is 14.6. The number of hydrogen-bond donors (Lipinski definition) is 1. The predicted molar refractivity (Wildman–Crippen MR) is 71.4 cm³/mol. The molecule has 1 aliphatic carbocycles. The molecule has 0 radical (unpaired) electrons. The van der Waals surface area contributed by atoms with Crippen molar-refractivity contribution < 1.29 is 4.39 Å². The number of halogens is 1. The summed E-state index contributed by atoms with van der Waals surface area (Å²) in [5.74, 6) is 0.646. The summed E-state index contributed by atoms with van der Waals surface area (Å²) in [7, 11) is 0. The van der Waals surface area contributed by atoms with Crippen molar-refractivity contribution in [1.29, 1.82) is 0 Å². The molecule has 0 aliphatic heterocycles. The molecule has 0 aromatic carbocycles. The topological polar surface area (TPSA) is 41.1 Å². The molecule has 1 aromatic heterocycles. The molecule has 2 rings (SSSR count). The van der Waals surface area contributed by atoms with Crippen LogP contribution in [0, 0.1) is 5.82 Å². The molecule has 1 saturated carbocycles. The first-order chi connectivity index (χ1) is 8.76. The quantitative estimate of drug-likeness (QED) is 0.810. The molecule has 4 nitrogen and oxygen atoms in total. The van der Waals surface area contributed by atoms with Crippen LogP contribution in [0.1, 0.15) is 39.5 Å². The SMILES string of the molecule is CCCCN(c1nc(NCC)ncc1F)C1CC1. The number of aromatic nitrogens is 2. The van der Waals surface area contributed by atoms with Gasteiger partial charge in [0.1, 0.15) is 0 Å². The highest BCUT2D eigenvalue weighted by Gasteiger charge is 2.31. The molecule has 1 aromatic rings. The van der Waals surface area contributed by atoms with Gasteiger partial charge in [0.2, 0.25) is 5.95 Å². The Bertz CT molecular complexity index is 393. The number of nitrogens with zero attached hydrogens (tertiary/aromatic N) is 3. The lowest BCUT2D eigenvalue weighted by atomic mass is 10.3. The van der Waals surface area contributed by atoms with Crippen molar-refractivity contribution in [2.45, 2.75) is 45.6 Å². The van der Waals surface area contributed by atoms with E-state index in [2.05, 4.69) is 27.1 Å². The third-order valence-corrected chi connectivity index (χ3v) is 3.07. The third kappa shape index (κ3) is 3.09. The summed E-state index contributed by atoms with van der Waals surface area (Å²) in [6.45, 7) is 5.73. The Labute approximate surface area is 108 Å². The van der Waals surface area contributed by atoms with Gasteiger partial charge < -0.3 is 10.2 Å². The lowest BCUT2D eigenvalue weighted by molar-refractivity contribution is 0.594. The van der Waals surface area contributed by atoms with Gasteiger partial charge in [-0.2, -0.15) is 4.98 Å². The van der Waals surface area contributed by atoms with E-state index in [1.807, 2.05) is 6.92 Å². The fourth-order valence-electron chi connectivity index (χ4n) is 1.98. The first-order valence-corrected chi connectivity index (χ1v) is 6.79. The van der Waals surface area contributed by atoms with Crippen LogP contribution < -0.4 is 10.2 Å². The average Bonchev–Trinajstić information content (AvgIpc) is 3.18. The second kappa shape index (κ2) is 5.98. The van der Waals surface area contributed by atoms with Gasteiger partial charge in [0.05, 0.1) is 6.20 Å². The van der Waals surface area contributed by atoms with Gasteiger partial charge in [-0.3, -0.25) is 0 Å². The van der Waals surface area contributed by atoms with Gasteiger partial charge >= 0.3 is 0 Å². The van der Waals surface area contributed by atoms with E-state index in [0.29, 0.717) is 17.8 Å². The van der Waals surface area contributed by atoms with E-state index in [4.69, 9.17) is 0 Å². The fourth-order valence-corrected chi connectivity index (χ4v) is 1.98. The van der Waals surface area contributed by atoms with Gasteiger partial charge in [0.25, 0.3) is 0 Å². The molecule has 18 heavy (non-hydrogen) atoms. The maximum absolute atomic E-state index is 13.9. The van der Waals surface area contributed by atoms with E-state index >= 15 is 0 Å². The van der Waals surface area contributed by atoms with Crippen LogP contribution >= 0.6 is 0 Å². The average molecular weight is 252 g/mol. The molecule has 1 heterocycles. The standard InChI is InChI=1S/C13H21FN4/c1-3-5-8-18(10-6-7-10)12-11(14)9-16-13(17-12)15-4-2/h9-10H,3-8H2,1-2H3,(H,15,16,17). The highest BCUT2D eigenvalue weighted by atomic mass is 19.1. The minimum Gasteiger partial charge on any atom is -0.354 e. The van der Waals surface area contributed by atoms with Gasteiger partial charge in [-0.1, -0.05) is 13.3 Å². The molecule has 1 fully saturated rings. The highest BCUT2D eigenvalue weighted by molar-refractivity contribution is 5.46. The zero-order valence-electron chi connectivity index (χ0n) is 11.1. The Morgan fingerprint density at radius 2 is 2.22 bits per heavy atom. The van der Waals surface area contributed by atoms with E-state index in [1.54, 1.807) is 0 Å². The molecule has 0 saturated heterocycles. The van der Waals surface area contributed by atoms with Crippen molar-refractivity contribution in [2.24, 2.45) is 0 Å². The van der Waals surface area contributed by atoms with E-state index in [0.717, 1.165) is 38.8 Å². The lowest BCUT2D eigenvalue weighted by Crippen LogP contribution is -2.29. The van der Waals surface area contributed by atoms with Crippen LogP contribution in [0.2, 0.25) is 0 Å². The molecule has 1 aliphatic rings. The summed E-state index contributed by atoms with van der Waals surface area (Å²) in [4.78, 5) is 10.4. The van der Waals surface area contributed by atoms with Crippen LogP contribution in [0.5, 0.6) is 0 Å². The van der Waals surface area contributed by atoms with Crippen molar-refractivity contribution >= 4 is 11.8 Å². The molecular formula is C13H21FN4. The van der Waals surface area contributed by atoms with Crippen molar-refractivity contribution in [3.05, 3.63) is 12.0 Å². The second-order valence-electron chi connectivity index (χ2n) is 4.67. The van der Waals surface area contributed by atoms with Gasteiger partial charge in [-0.25, -0.2) is 9.37 Å². The van der Waals surface area contributed by atoms with Gasteiger partial charge in [-0.05, 0) is 26.2 Å². The monoisotopic (exact) mass is 252 g/mol. The van der Waals surface area contributed by atoms with Crippen LogP contribution in [0.15, 0.2) is 6.20 Å². The Morgan fingerprint density at radius 3 is 2.83 bits per heavy atom. The maximum atomic E-state index is 13.9. The summed E-state index contributed by atoms with van der Waals surface area (Å²) < 4.78 is 13.9. The Morgan fingerprint density at radius 1 is 1.44 bits per heavy atom. The Kier molecular flexibility index (Phi) is 4.33. The Balaban J connectivity index is 2.19. The van der Waals surface area contributed by atoms with Crippen molar-refractivity contribution in [3.8, 4) is 0 Å². The van der Waals surface area contributed by atoms with Gasteiger partial charge in [0.15, 0.2) is 11.6 Å². The molecule has 0 spiro atoms. The Hall–Kier alpha value is -1.39. The van der Waals surface area contributed by atoms with E-state index in [1.165, 1.54) is 6.20 Å². The van der Waals surface area contributed by atoms with Gasteiger partial charge in [0, 0.05) is 19.1 Å². The first-order valence-electron chi connectivity index (χ1n) is 6.79. The summed E-state index contributed by atoms with van der Waals surface area (Å²) in [5, 5.41) is 3.03. The maximum Gasteiger partial charge on any atom is 0.224 e. The largest absolute Gasteiger partial charge is 0.354 e. The van der Waals surface area contributed by atoms with Crippen molar-refractivity contribution in [3.63, 3.8) is 0 Å². The molecule has 0 unspecified atom stereocenters. The van der Waals surface area contributed by atoms with Gasteiger partial charge in [-0.15, -0.1) is 0 Å². The molecule has 1 N–H and O–H groups in total. The molecular weight excluding hydrogens is 231 g/mol. The number of unbranched alkanes of at least 4 members (excludes halogenated alkanes) is 1. The molecule has 0 bridgehead atoms. The predicted octanol–water partition coefficient (Wildman–Crippen LogP) is 2.82. The molecule has 5 heteroatoms. The minimum atomic E-state index is -0.320. The first kappa shape index (κ1) is 13.1. The molecule has 100 valence electrons. The van der Waals surface area contributed by atoms with E-state index < -0.39 is 0 Å². The summed E-state index contributed by atoms with van der Waals surface area (Å²) in [5.41, 5.74) is 0. The minimum absolute atomic E-state index is 0.320. The smallest absolute Gasteiger partial charge is 0.224 e. The van der Waals surface area contributed by atoms with E-state index in [-0.39, 0.29) is 5.82 Å². The van der Waals surface area contributed by atoms with Crippen molar-refractivity contribution in [2.75, 3.05) is 23.3 Å². The highest BCUT2D eigenvalue weighted by Crippen LogP contribution is 2.32. The summed E-state index contributed by atoms with van der Waals surface area (Å²) in [6, 6.07) is 0.468. The zero-order valence-corrected chi connectivity index (χ0v) is 11.1. The number of anilines is 2. The zero-order chi connectivity index (χ0) is 13.0. The van der Waals surface area contributed by atoms with E-state index in [9.17, 15) is 4.39 Å². The van der Waals surface area contributed by atoms with Crippen LogP contribution in [-0.2, 0) is 0 Å². The second-order valence-corrected chi connectivity index (χ2v) is 4.67. The number of nitrogens with one attached hydrogen (secondary N) is 1. The van der Waals surface area contributed by atoms with Crippen LogP contribution in [-0.4, -0.2) is 29.1 Å². The van der Waals surface area contributed by atoms with Crippen LogP contribution in [0.25, 0.3) is 0 Å². The van der Waals surface area contributed by atoms with Crippen LogP contribution in [0.4, 0.5) is 16.2 Å². The van der Waals surface area contributed by atoms with Crippen molar-refractivity contribution in [1.82, 2.24) is 9.97 Å². The third-order valence-electron chi connectivity index (χ3n) is 3.07. The van der Waals surface area contributed by atoms with Crippen LogP contribution in [0.3, 0.4) is 0 Å². The summed E-state index contributed by atoms with van der Waals surface area (Å²) >= 11 is 0. The summed E-state index contributed by atoms with van der Waals surface area (Å²) in [6.07, 6.45) is 5.72.